The molecule has 4 rings (SSSR count). The second-order valence-electron chi connectivity index (χ2n) is 5.58. The molecule has 1 atom stereocenters. The molecule has 1 unspecified atom stereocenters. The fourth-order valence-electron chi connectivity index (χ4n) is 3.14. The van der Waals surface area contributed by atoms with Gasteiger partial charge < -0.3 is 10.5 Å². The lowest BCUT2D eigenvalue weighted by Crippen LogP contribution is -2.28. The van der Waals surface area contributed by atoms with Crippen molar-refractivity contribution in [1.82, 2.24) is 14.8 Å². The molecule has 2 aromatic carbocycles. The molecule has 0 bridgehead atoms. The predicted octanol–water partition coefficient (Wildman–Crippen LogP) is 1.79. The number of aromatic amines is 1. The van der Waals surface area contributed by atoms with Crippen LogP contribution in [-0.4, -0.2) is 21.9 Å². The van der Waals surface area contributed by atoms with Crippen LogP contribution in [0.3, 0.4) is 0 Å². The first kappa shape index (κ1) is 13.8. The largest absolute Gasteiger partial charge is 0.496 e. The highest BCUT2D eigenvalue weighted by molar-refractivity contribution is 5.72. The van der Waals surface area contributed by atoms with E-state index in [0.29, 0.717) is 12.2 Å². The van der Waals surface area contributed by atoms with E-state index < -0.39 is 0 Å². The maximum atomic E-state index is 12.0. The van der Waals surface area contributed by atoms with E-state index in [4.69, 9.17) is 10.5 Å². The van der Waals surface area contributed by atoms with Gasteiger partial charge in [-0.15, -0.1) is 0 Å². The van der Waals surface area contributed by atoms with Gasteiger partial charge in [0, 0.05) is 5.56 Å². The van der Waals surface area contributed by atoms with Gasteiger partial charge in [0.2, 0.25) is 0 Å². The van der Waals surface area contributed by atoms with E-state index in [1.807, 2.05) is 36.4 Å². The van der Waals surface area contributed by atoms with Gasteiger partial charge in [-0.05, 0) is 35.7 Å². The molecule has 0 amide bonds. The van der Waals surface area contributed by atoms with Crippen molar-refractivity contribution >= 4 is 0 Å². The number of nitrogens with one attached hydrogen (secondary N) is 1. The molecule has 23 heavy (non-hydrogen) atoms. The molecule has 0 saturated carbocycles. The summed E-state index contributed by atoms with van der Waals surface area (Å²) in [6.07, 6.45) is 0.641. The summed E-state index contributed by atoms with van der Waals surface area (Å²) < 4.78 is 6.98. The predicted molar refractivity (Wildman–Crippen MR) is 86.8 cm³/mol. The number of methoxy groups -OCH3 is 1. The standard InChI is InChI=1S/C17H16N4O2/c1-23-15-5-3-2-4-12(15)10-6-7-14-11(8-10)9-13(18)16-19-20-17(22)21(14)16/h2-8,13H,9,18H2,1H3,(H,20,22). The lowest BCUT2D eigenvalue weighted by Gasteiger charge is -2.22. The average Bonchev–Trinajstić information content (AvgIpc) is 2.97. The normalized spacial score (nSPS) is 15.8. The van der Waals surface area contributed by atoms with Crippen molar-refractivity contribution in [3.8, 4) is 22.6 Å². The van der Waals surface area contributed by atoms with Crippen LogP contribution in [0, 0.1) is 0 Å². The molecule has 0 spiro atoms. The minimum absolute atomic E-state index is 0.263. The molecule has 6 nitrogen and oxygen atoms in total. The Kier molecular flexibility index (Phi) is 3.06. The Bertz CT molecular complexity index is 942. The minimum atomic E-state index is -0.297. The van der Waals surface area contributed by atoms with Crippen LogP contribution in [0.1, 0.15) is 17.4 Å². The Morgan fingerprint density at radius 1 is 1.30 bits per heavy atom. The van der Waals surface area contributed by atoms with Gasteiger partial charge in [-0.1, -0.05) is 24.3 Å². The molecule has 116 valence electrons. The van der Waals surface area contributed by atoms with Crippen LogP contribution in [-0.2, 0) is 6.42 Å². The van der Waals surface area contributed by atoms with Crippen LogP contribution in [0.25, 0.3) is 16.8 Å². The van der Waals surface area contributed by atoms with Crippen LogP contribution in [0.4, 0.5) is 0 Å². The molecule has 0 radical (unpaired) electrons. The Morgan fingerprint density at radius 3 is 2.96 bits per heavy atom. The highest BCUT2D eigenvalue weighted by Gasteiger charge is 2.26. The third-order valence-electron chi connectivity index (χ3n) is 4.21. The summed E-state index contributed by atoms with van der Waals surface area (Å²) >= 11 is 0. The van der Waals surface area contributed by atoms with Gasteiger partial charge in [0.05, 0.1) is 18.8 Å². The average molecular weight is 308 g/mol. The van der Waals surface area contributed by atoms with E-state index in [0.717, 1.165) is 28.1 Å². The second kappa shape index (κ2) is 5.10. The number of aromatic nitrogens is 3. The lowest BCUT2D eigenvalue weighted by molar-refractivity contribution is 0.416. The van der Waals surface area contributed by atoms with E-state index in [-0.39, 0.29) is 11.7 Å². The lowest BCUT2D eigenvalue weighted by atomic mass is 9.95. The van der Waals surface area contributed by atoms with Crippen molar-refractivity contribution in [1.29, 1.82) is 0 Å². The Labute approximate surface area is 132 Å². The van der Waals surface area contributed by atoms with Crippen molar-refractivity contribution in [3.05, 3.63) is 64.3 Å². The second-order valence-corrected chi connectivity index (χ2v) is 5.58. The van der Waals surface area contributed by atoms with Crippen molar-refractivity contribution < 1.29 is 4.74 Å². The molecule has 1 aliphatic heterocycles. The van der Waals surface area contributed by atoms with Crippen LogP contribution in [0.5, 0.6) is 5.75 Å². The fraction of sp³-hybridized carbons (Fsp3) is 0.176. The third kappa shape index (κ3) is 2.07. The molecule has 3 N–H and O–H groups in total. The zero-order valence-corrected chi connectivity index (χ0v) is 12.6. The number of hydrogen-bond donors (Lipinski definition) is 2. The van der Waals surface area contributed by atoms with E-state index in [2.05, 4.69) is 16.3 Å². The number of para-hydroxylation sites is 1. The van der Waals surface area contributed by atoms with Gasteiger partial charge in [-0.25, -0.2) is 14.5 Å². The summed E-state index contributed by atoms with van der Waals surface area (Å²) in [4.78, 5) is 12.0. The molecule has 0 saturated heterocycles. The SMILES string of the molecule is COc1ccccc1-c1ccc2c(c1)CC(N)c1n[nH]c(=O)n1-2. The summed E-state index contributed by atoms with van der Waals surface area (Å²) in [5.74, 6) is 1.39. The number of hydrogen-bond acceptors (Lipinski definition) is 4. The minimum Gasteiger partial charge on any atom is -0.496 e. The zero-order chi connectivity index (χ0) is 16.0. The monoisotopic (exact) mass is 308 g/mol. The molecular formula is C17H16N4O2. The number of ether oxygens (including phenoxy) is 1. The fourth-order valence-corrected chi connectivity index (χ4v) is 3.14. The summed E-state index contributed by atoms with van der Waals surface area (Å²) in [6, 6.07) is 13.5. The van der Waals surface area contributed by atoms with E-state index in [1.165, 1.54) is 0 Å². The molecule has 3 aromatic rings. The van der Waals surface area contributed by atoms with Gasteiger partial charge in [-0.2, -0.15) is 5.10 Å². The zero-order valence-electron chi connectivity index (χ0n) is 12.6. The Hall–Kier alpha value is -2.86. The molecule has 6 heteroatoms. The smallest absolute Gasteiger partial charge is 0.347 e. The Morgan fingerprint density at radius 2 is 2.13 bits per heavy atom. The summed E-state index contributed by atoms with van der Waals surface area (Å²) in [5, 5.41) is 6.50. The molecule has 0 fully saturated rings. The number of H-pyrrole nitrogens is 1. The first-order valence-electron chi connectivity index (χ1n) is 7.38. The van der Waals surface area contributed by atoms with Crippen molar-refractivity contribution in [2.24, 2.45) is 5.73 Å². The number of fused-ring (bicyclic) bond motifs is 3. The van der Waals surface area contributed by atoms with Crippen molar-refractivity contribution in [3.63, 3.8) is 0 Å². The summed E-state index contributed by atoms with van der Waals surface area (Å²) in [5.41, 5.74) is 9.79. The maximum Gasteiger partial charge on any atom is 0.347 e. The number of benzene rings is 2. The highest BCUT2D eigenvalue weighted by Crippen LogP contribution is 2.34. The van der Waals surface area contributed by atoms with Gasteiger partial charge in [0.15, 0.2) is 5.82 Å². The van der Waals surface area contributed by atoms with E-state index >= 15 is 0 Å². The van der Waals surface area contributed by atoms with Crippen LogP contribution >= 0.6 is 0 Å². The van der Waals surface area contributed by atoms with Crippen LogP contribution in [0.2, 0.25) is 0 Å². The van der Waals surface area contributed by atoms with Gasteiger partial charge >= 0.3 is 5.69 Å². The molecular weight excluding hydrogens is 292 g/mol. The van der Waals surface area contributed by atoms with Gasteiger partial charge in [-0.3, -0.25) is 0 Å². The molecule has 0 aliphatic carbocycles. The van der Waals surface area contributed by atoms with Crippen molar-refractivity contribution in [2.45, 2.75) is 12.5 Å². The number of nitrogens with two attached hydrogens (primary N) is 1. The Balaban J connectivity index is 1.89. The molecule has 1 aliphatic rings. The topological polar surface area (TPSA) is 85.9 Å². The van der Waals surface area contributed by atoms with Gasteiger partial charge in [0.1, 0.15) is 5.75 Å². The number of rotatable bonds is 2. The van der Waals surface area contributed by atoms with Crippen LogP contribution < -0.4 is 16.2 Å². The first-order valence-corrected chi connectivity index (χ1v) is 7.38. The number of nitrogens with zero attached hydrogens (tertiary/aromatic N) is 2. The molecule has 1 aromatic heterocycles. The van der Waals surface area contributed by atoms with Crippen molar-refractivity contribution in [2.75, 3.05) is 7.11 Å². The van der Waals surface area contributed by atoms with E-state index in [9.17, 15) is 4.79 Å². The summed E-state index contributed by atoms with van der Waals surface area (Å²) in [7, 11) is 1.66. The molecule has 2 heterocycles. The van der Waals surface area contributed by atoms with Crippen LogP contribution in [0.15, 0.2) is 47.3 Å². The van der Waals surface area contributed by atoms with Gasteiger partial charge in [0.25, 0.3) is 0 Å². The third-order valence-corrected chi connectivity index (χ3v) is 4.21. The highest BCUT2D eigenvalue weighted by atomic mass is 16.5. The first-order chi connectivity index (χ1) is 11.2. The quantitative estimate of drug-likeness (QED) is 0.756. The summed E-state index contributed by atoms with van der Waals surface area (Å²) in [6.45, 7) is 0. The maximum absolute atomic E-state index is 12.0. The van der Waals surface area contributed by atoms with E-state index in [1.54, 1.807) is 11.7 Å².